The first-order valence-corrected chi connectivity index (χ1v) is 5.96. The molecule has 0 radical (unpaired) electrons. The molecular weight excluding hydrogens is 190 g/mol. The van der Waals surface area contributed by atoms with Gasteiger partial charge in [-0.15, -0.1) is 0 Å². The summed E-state index contributed by atoms with van der Waals surface area (Å²) in [4.78, 5) is 11.4. The second-order valence-corrected chi connectivity index (χ2v) is 5.11. The van der Waals surface area contributed by atoms with E-state index in [1.54, 1.807) is 6.92 Å². The highest BCUT2D eigenvalue weighted by molar-refractivity contribution is 5.76. The third-order valence-electron chi connectivity index (χ3n) is 3.60. The van der Waals surface area contributed by atoms with E-state index in [-0.39, 0.29) is 0 Å². The Morgan fingerprint density at radius 2 is 1.93 bits per heavy atom. The molecule has 2 heterocycles. The maximum Gasteiger partial charge on any atom is 0.183 e. The molecule has 0 aromatic rings. The third-order valence-corrected chi connectivity index (χ3v) is 3.60. The lowest BCUT2D eigenvalue weighted by Crippen LogP contribution is -2.64. The van der Waals surface area contributed by atoms with Gasteiger partial charge in [-0.25, -0.2) is 0 Å². The summed E-state index contributed by atoms with van der Waals surface area (Å²) in [6.45, 7) is 10.3. The van der Waals surface area contributed by atoms with Crippen molar-refractivity contribution in [2.45, 2.75) is 6.92 Å². The van der Waals surface area contributed by atoms with Crippen LogP contribution in [-0.2, 0) is 4.79 Å². The Hall–Kier alpha value is -0.450. The molecule has 0 aliphatic carbocycles. The Morgan fingerprint density at radius 1 is 1.27 bits per heavy atom. The van der Waals surface area contributed by atoms with Gasteiger partial charge in [0.05, 0.1) is 19.6 Å². The largest absolute Gasteiger partial charge is 0.316 e. The minimum atomic E-state index is 0.337. The number of carbonyl (C=O) groups excluding carboxylic acids is 1. The Kier molecular flexibility index (Phi) is 3.38. The average Bonchev–Trinajstić information content (AvgIpc) is 2.12. The molecule has 4 nitrogen and oxygen atoms in total. The van der Waals surface area contributed by atoms with Crippen LogP contribution in [0.1, 0.15) is 6.92 Å². The fraction of sp³-hybridized carbons (Fsp3) is 0.909. The Balaban J connectivity index is 1.95. The molecule has 0 atom stereocenters. The van der Waals surface area contributed by atoms with Gasteiger partial charge in [0.25, 0.3) is 0 Å². The summed E-state index contributed by atoms with van der Waals surface area (Å²) >= 11 is 0. The molecule has 0 aromatic heterocycles. The smallest absolute Gasteiger partial charge is 0.183 e. The van der Waals surface area contributed by atoms with Crippen molar-refractivity contribution >= 4 is 5.78 Å². The molecule has 0 saturated carbocycles. The number of piperazine rings is 1. The molecule has 0 bridgehead atoms. The number of rotatable bonds is 4. The van der Waals surface area contributed by atoms with Crippen LogP contribution in [0.4, 0.5) is 0 Å². The van der Waals surface area contributed by atoms with Crippen LogP contribution in [0.15, 0.2) is 0 Å². The predicted molar refractivity (Wildman–Crippen MR) is 59.6 cm³/mol. The van der Waals surface area contributed by atoms with Crippen LogP contribution in [0.2, 0.25) is 0 Å². The molecular formula is C11H22N3O+. The molecule has 86 valence electrons. The number of Topliss-reactive ketones (excluding diaryl/α,β-unsaturated/α-hetero) is 1. The van der Waals surface area contributed by atoms with Crippen LogP contribution in [0.3, 0.4) is 0 Å². The van der Waals surface area contributed by atoms with E-state index >= 15 is 0 Å². The summed E-state index contributed by atoms with van der Waals surface area (Å²) in [7, 11) is 0. The molecule has 15 heavy (non-hydrogen) atoms. The molecule has 2 rings (SSSR count). The molecule has 2 fully saturated rings. The van der Waals surface area contributed by atoms with Crippen LogP contribution in [0.25, 0.3) is 0 Å². The van der Waals surface area contributed by atoms with Crippen molar-refractivity contribution in [2.24, 2.45) is 5.92 Å². The van der Waals surface area contributed by atoms with Gasteiger partial charge in [-0.2, -0.15) is 0 Å². The number of carbonyl (C=O) groups is 1. The van der Waals surface area contributed by atoms with Crippen LogP contribution < -0.4 is 10.6 Å². The molecule has 2 aliphatic heterocycles. The van der Waals surface area contributed by atoms with Crippen molar-refractivity contribution in [1.82, 2.24) is 10.6 Å². The Labute approximate surface area is 91.6 Å². The topological polar surface area (TPSA) is 41.1 Å². The molecule has 2 aliphatic rings. The second-order valence-electron chi connectivity index (χ2n) is 5.11. The summed E-state index contributed by atoms with van der Waals surface area (Å²) in [6.07, 6.45) is 0. The van der Waals surface area contributed by atoms with E-state index < -0.39 is 0 Å². The maximum atomic E-state index is 11.4. The molecule has 2 saturated heterocycles. The van der Waals surface area contributed by atoms with E-state index in [9.17, 15) is 4.79 Å². The van der Waals surface area contributed by atoms with Crippen molar-refractivity contribution in [2.75, 3.05) is 52.4 Å². The second kappa shape index (κ2) is 4.60. The van der Waals surface area contributed by atoms with Gasteiger partial charge >= 0.3 is 0 Å². The van der Waals surface area contributed by atoms with E-state index in [1.165, 1.54) is 6.54 Å². The average molecular weight is 212 g/mol. The van der Waals surface area contributed by atoms with E-state index in [0.29, 0.717) is 5.78 Å². The summed E-state index contributed by atoms with van der Waals surface area (Å²) in [5.41, 5.74) is 0. The van der Waals surface area contributed by atoms with E-state index in [2.05, 4.69) is 10.6 Å². The lowest BCUT2D eigenvalue weighted by molar-refractivity contribution is -0.925. The number of nitrogens with one attached hydrogen (secondary N) is 2. The zero-order chi connectivity index (χ0) is 10.7. The molecule has 0 aromatic carbocycles. The van der Waals surface area contributed by atoms with Gasteiger partial charge in [0.2, 0.25) is 0 Å². The fourth-order valence-electron chi connectivity index (χ4n) is 2.77. The van der Waals surface area contributed by atoms with Crippen molar-refractivity contribution in [3.8, 4) is 0 Å². The van der Waals surface area contributed by atoms with Gasteiger partial charge in [0.15, 0.2) is 5.78 Å². The van der Waals surface area contributed by atoms with Crippen LogP contribution >= 0.6 is 0 Å². The molecule has 2 N–H and O–H groups in total. The Morgan fingerprint density at radius 3 is 2.40 bits per heavy atom. The monoisotopic (exact) mass is 212 g/mol. The predicted octanol–water partition coefficient (Wildman–Crippen LogP) is -0.785. The van der Waals surface area contributed by atoms with Crippen molar-refractivity contribution < 1.29 is 9.28 Å². The van der Waals surface area contributed by atoms with E-state index in [0.717, 1.165) is 56.2 Å². The highest BCUT2D eigenvalue weighted by Crippen LogP contribution is 2.16. The summed E-state index contributed by atoms with van der Waals surface area (Å²) in [6, 6.07) is 0. The highest BCUT2D eigenvalue weighted by Gasteiger charge is 2.35. The van der Waals surface area contributed by atoms with Crippen LogP contribution in [-0.4, -0.2) is 62.6 Å². The standard InChI is InChI=1S/C11H22N3O/c1-10(15)8-14(4-2-12-3-5-14)9-11-6-13-7-11/h11-13H,2-9H2,1H3/q+1. The molecule has 0 amide bonds. The van der Waals surface area contributed by atoms with Gasteiger partial charge in [0, 0.05) is 39.0 Å². The quantitative estimate of drug-likeness (QED) is 0.600. The minimum Gasteiger partial charge on any atom is -0.316 e. The van der Waals surface area contributed by atoms with Gasteiger partial charge in [-0.1, -0.05) is 0 Å². The number of ketones is 1. The zero-order valence-electron chi connectivity index (χ0n) is 9.59. The number of hydrogen-bond donors (Lipinski definition) is 2. The zero-order valence-corrected chi connectivity index (χ0v) is 9.59. The van der Waals surface area contributed by atoms with Gasteiger partial charge < -0.3 is 15.1 Å². The van der Waals surface area contributed by atoms with Crippen LogP contribution in [0.5, 0.6) is 0 Å². The van der Waals surface area contributed by atoms with Gasteiger partial charge in [0.1, 0.15) is 6.54 Å². The SMILES string of the molecule is CC(=O)C[N+]1(CC2CNC2)CCNCC1. The molecule has 0 spiro atoms. The summed E-state index contributed by atoms with van der Waals surface area (Å²) < 4.78 is 1.02. The molecule has 0 unspecified atom stereocenters. The normalized spacial score (nSPS) is 25.9. The number of quaternary nitrogens is 1. The van der Waals surface area contributed by atoms with Gasteiger partial charge in [-0.05, 0) is 0 Å². The maximum absolute atomic E-state index is 11.4. The fourth-order valence-corrected chi connectivity index (χ4v) is 2.77. The Bertz CT molecular complexity index is 232. The van der Waals surface area contributed by atoms with Crippen molar-refractivity contribution in [1.29, 1.82) is 0 Å². The number of nitrogens with zero attached hydrogens (tertiary/aromatic N) is 1. The summed E-state index contributed by atoms with van der Waals surface area (Å²) in [5.74, 6) is 1.13. The highest BCUT2D eigenvalue weighted by atomic mass is 16.1. The first-order valence-electron chi connectivity index (χ1n) is 5.96. The van der Waals surface area contributed by atoms with Crippen molar-refractivity contribution in [3.05, 3.63) is 0 Å². The first-order chi connectivity index (χ1) is 7.20. The van der Waals surface area contributed by atoms with Crippen LogP contribution in [0, 0.1) is 5.92 Å². The van der Waals surface area contributed by atoms with Gasteiger partial charge in [-0.3, -0.25) is 4.79 Å². The lowest BCUT2D eigenvalue weighted by atomic mass is 10.00. The first kappa shape index (κ1) is 11.0. The lowest BCUT2D eigenvalue weighted by Gasteiger charge is -2.45. The third kappa shape index (κ3) is 2.77. The van der Waals surface area contributed by atoms with E-state index in [1.807, 2.05) is 0 Å². The number of hydrogen-bond acceptors (Lipinski definition) is 3. The van der Waals surface area contributed by atoms with Crippen molar-refractivity contribution in [3.63, 3.8) is 0 Å². The minimum absolute atomic E-state index is 0.337. The summed E-state index contributed by atoms with van der Waals surface area (Å²) in [5, 5.41) is 6.69. The van der Waals surface area contributed by atoms with E-state index in [4.69, 9.17) is 0 Å². The molecule has 4 heteroatoms.